The van der Waals surface area contributed by atoms with Gasteiger partial charge in [0.2, 0.25) is 11.8 Å². The van der Waals surface area contributed by atoms with Crippen molar-refractivity contribution in [3.05, 3.63) is 58.6 Å². The number of alkyl halides is 3. The molecule has 0 unspecified atom stereocenters. The van der Waals surface area contributed by atoms with Gasteiger partial charge in [0, 0.05) is 32.6 Å². The largest absolute Gasteiger partial charge is 0.495 e. The summed E-state index contributed by atoms with van der Waals surface area (Å²) in [4.78, 5) is 28.4. The van der Waals surface area contributed by atoms with Crippen LogP contribution in [-0.2, 0) is 22.2 Å². The Bertz CT molecular complexity index is 992. The van der Waals surface area contributed by atoms with Crippen molar-refractivity contribution >= 4 is 29.1 Å². The quantitative estimate of drug-likeness (QED) is 0.644. The van der Waals surface area contributed by atoms with E-state index in [9.17, 15) is 22.8 Å². The van der Waals surface area contributed by atoms with Crippen LogP contribution in [0.4, 0.5) is 18.9 Å². The van der Waals surface area contributed by atoms with Crippen molar-refractivity contribution in [2.24, 2.45) is 0 Å². The first-order valence-electron chi connectivity index (χ1n) is 10.5. The molecule has 0 spiro atoms. The number of piperazine rings is 1. The predicted octanol–water partition coefficient (Wildman–Crippen LogP) is 4.08. The van der Waals surface area contributed by atoms with E-state index >= 15 is 0 Å². The lowest BCUT2D eigenvalue weighted by Gasteiger charge is -2.34. The van der Waals surface area contributed by atoms with Crippen molar-refractivity contribution in [3.63, 3.8) is 0 Å². The standard InChI is InChI=1S/C23H25ClF3N3O3/c1-33-20-8-6-16(14-18(20)24)7-9-22(32)30-12-10-29(11-13-30)15-21(31)28-19-5-3-2-4-17(19)23(25,26)27/h2-6,8,14H,7,9-13,15H2,1H3,(H,28,31). The van der Waals surface area contributed by atoms with Gasteiger partial charge in [-0.15, -0.1) is 0 Å². The van der Waals surface area contributed by atoms with Crippen LogP contribution in [0.5, 0.6) is 5.75 Å². The second-order valence-corrected chi connectivity index (χ2v) is 8.12. The summed E-state index contributed by atoms with van der Waals surface area (Å²) in [5.74, 6) is 0.0572. The molecule has 6 nitrogen and oxygen atoms in total. The minimum atomic E-state index is -4.55. The van der Waals surface area contributed by atoms with E-state index in [0.717, 1.165) is 11.6 Å². The van der Waals surface area contributed by atoms with Crippen LogP contribution in [0.2, 0.25) is 5.02 Å². The van der Waals surface area contributed by atoms with Crippen LogP contribution < -0.4 is 10.1 Å². The Hall–Kier alpha value is -2.78. The number of carbonyl (C=O) groups is 2. The lowest BCUT2D eigenvalue weighted by molar-refractivity contribution is -0.137. The first-order valence-corrected chi connectivity index (χ1v) is 10.8. The molecular formula is C23H25ClF3N3O3. The third-order valence-corrected chi connectivity index (χ3v) is 5.74. The van der Waals surface area contributed by atoms with Crippen LogP contribution in [-0.4, -0.2) is 61.4 Å². The Morgan fingerprint density at radius 3 is 2.42 bits per heavy atom. The van der Waals surface area contributed by atoms with Crippen LogP contribution in [0.25, 0.3) is 0 Å². The average Bonchev–Trinajstić information content (AvgIpc) is 2.77. The van der Waals surface area contributed by atoms with E-state index in [-0.39, 0.29) is 18.1 Å². The van der Waals surface area contributed by atoms with Crippen LogP contribution in [0.15, 0.2) is 42.5 Å². The zero-order chi connectivity index (χ0) is 24.0. The summed E-state index contributed by atoms with van der Waals surface area (Å²) in [5, 5.41) is 2.84. The molecule has 10 heteroatoms. The molecule has 0 radical (unpaired) electrons. The van der Waals surface area contributed by atoms with Crippen LogP contribution >= 0.6 is 11.6 Å². The van der Waals surface area contributed by atoms with Crippen molar-refractivity contribution in [2.45, 2.75) is 19.0 Å². The fourth-order valence-corrected chi connectivity index (χ4v) is 3.94. The normalized spacial score (nSPS) is 14.8. The molecule has 0 aromatic heterocycles. The highest BCUT2D eigenvalue weighted by atomic mass is 35.5. The molecule has 2 aromatic carbocycles. The van der Waals surface area contributed by atoms with E-state index in [1.165, 1.54) is 25.3 Å². The molecule has 2 aromatic rings. The summed E-state index contributed by atoms with van der Waals surface area (Å²) in [6, 6.07) is 10.3. The van der Waals surface area contributed by atoms with Gasteiger partial charge in [0.05, 0.1) is 29.9 Å². The molecule has 2 amide bonds. The maximum atomic E-state index is 13.1. The Morgan fingerprint density at radius 2 is 1.79 bits per heavy atom. The summed E-state index contributed by atoms with van der Waals surface area (Å²) >= 11 is 6.12. The lowest BCUT2D eigenvalue weighted by atomic mass is 10.1. The van der Waals surface area contributed by atoms with Gasteiger partial charge in [0.1, 0.15) is 5.75 Å². The number of para-hydroxylation sites is 1. The molecule has 1 N–H and O–H groups in total. The summed E-state index contributed by atoms with van der Waals surface area (Å²) in [5.41, 5.74) is -0.210. The van der Waals surface area contributed by atoms with Gasteiger partial charge < -0.3 is 15.0 Å². The van der Waals surface area contributed by atoms with Gasteiger partial charge in [-0.05, 0) is 36.2 Å². The molecule has 1 aliphatic rings. The monoisotopic (exact) mass is 483 g/mol. The predicted molar refractivity (Wildman–Crippen MR) is 119 cm³/mol. The highest BCUT2D eigenvalue weighted by Crippen LogP contribution is 2.34. The molecule has 178 valence electrons. The first kappa shape index (κ1) is 24.9. The number of ether oxygens (including phenoxy) is 1. The van der Waals surface area contributed by atoms with Crippen LogP contribution in [0.3, 0.4) is 0 Å². The van der Waals surface area contributed by atoms with Gasteiger partial charge in [0.15, 0.2) is 0 Å². The molecule has 33 heavy (non-hydrogen) atoms. The van der Waals surface area contributed by atoms with E-state index in [2.05, 4.69) is 5.32 Å². The van der Waals surface area contributed by atoms with E-state index in [0.29, 0.717) is 49.8 Å². The first-order chi connectivity index (χ1) is 15.7. The van der Waals surface area contributed by atoms with Gasteiger partial charge in [-0.25, -0.2) is 0 Å². The van der Waals surface area contributed by atoms with Crippen LogP contribution in [0.1, 0.15) is 17.5 Å². The number of halogens is 4. The number of methoxy groups -OCH3 is 1. The molecule has 1 heterocycles. The fraction of sp³-hybridized carbons (Fsp3) is 0.391. The number of rotatable bonds is 7. The van der Waals surface area contributed by atoms with Crippen molar-refractivity contribution in [2.75, 3.05) is 45.2 Å². The van der Waals surface area contributed by atoms with E-state index < -0.39 is 17.6 Å². The van der Waals surface area contributed by atoms with Gasteiger partial charge in [-0.2, -0.15) is 13.2 Å². The summed E-state index contributed by atoms with van der Waals surface area (Å²) in [7, 11) is 1.54. The molecule has 0 aliphatic carbocycles. The maximum Gasteiger partial charge on any atom is 0.418 e. The van der Waals surface area contributed by atoms with Crippen molar-refractivity contribution < 1.29 is 27.5 Å². The number of nitrogens with zero attached hydrogens (tertiary/aromatic N) is 2. The summed E-state index contributed by atoms with van der Waals surface area (Å²) in [6.45, 7) is 1.80. The maximum absolute atomic E-state index is 13.1. The number of benzene rings is 2. The Balaban J connectivity index is 1.45. The third kappa shape index (κ3) is 6.85. The molecule has 0 atom stereocenters. The zero-order valence-electron chi connectivity index (χ0n) is 18.1. The number of anilines is 1. The van der Waals surface area contributed by atoms with E-state index in [1.807, 2.05) is 11.0 Å². The van der Waals surface area contributed by atoms with Crippen molar-refractivity contribution in [3.8, 4) is 5.75 Å². The molecule has 0 saturated carbocycles. The molecule has 1 saturated heterocycles. The molecular weight excluding hydrogens is 459 g/mol. The Morgan fingerprint density at radius 1 is 1.09 bits per heavy atom. The second kappa shape index (κ2) is 10.9. The number of amides is 2. The van der Waals surface area contributed by atoms with Gasteiger partial charge in [-0.1, -0.05) is 29.8 Å². The summed E-state index contributed by atoms with van der Waals surface area (Å²) < 4.78 is 44.4. The minimum Gasteiger partial charge on any atom is -0.495 e. The SMILES string of the molecule is COc1ccc(CCC(=O)N2CCN(CC(=O)Nc3ccccc3C(F)(F)F)CC2)cc1Cl. The number of nitrogens with one attached hydrogen (secondary N) is 1. The van der Waals surface area contributed by atoms with Crippen molar-refractivity contribution in [1.29, 1.82) is 0 Å². The number of hydrogen-bond acceptors (Lipinski definition) is 4. The smallest absolute Gasteiger partial charge is 0.418 e. The van der Waals surface area contributed by atoms with Gasteiger partial charge in [-0.3, -0.25) is 14.5 Å². The second-order valence-electron chi connectivity index (χ2n) is 7.72. The third-order valence-electron chi connectivity index (χ3n) is 5.44. The topological polar surface area (TPSA) is 61.9 Å². The number of hydrogen-bond donors (Lipinski definition) is 1. The lowest BCUT2D eigenvalue weighted by Crippen LogP contribution is -2.50. The summed E-state index contributed by atoms with van der Waals surface area (Å²) in [6.07, 6.45) is -3.67. The Kier molecular flexibility index (Phi) is 8.20. The average molecular weight is 484 g/mol. The van der Waals surface area contributed by atoms with E-state index in [1.54, 1.807) is 17.0 Å². The van der Waals surface area contributed by atoms with Gasteiger partial charge in [0.25, 0.3) is 0 Å². The molecule has 1 fully saturated rings. The Labute approximate surface area is 195 Å². The molecule has 1 aliphatic heterocycles. The molecule has 0 bridgehead atoms. The zero-order valence-corrected chi connectivity index (χ0v) is 18.9. The van der Waals surface area contributed by atoms with Gasteiger partial charge >= 0.3 is 6.18 Å². The van der Waals surface area contributed by atoms with E-state index in [4.69, 9.17) is 16.3 Å². The number of aryl methyl sites for hydroxylation is 1. The number of carbonyl (C=O) groups excluding carboxylic acids is 2. The highest BCUT2D eigenvalue weighted by molar-refractivity contribution is 6.32. The highest BCUT2D eigenvalue weighted by Gasteiger charge is 2.33. The minimum absolute atomic E-state index is 0.00477. The molecule has 3 rings (SSSR count). The van der Waals surface area contributed by atoms with Crippen LogP contribution in [0, 0.1) is 0 Å². The van der Waals surface area contributed by atoms with Crippen molar-refractivity contribution in [1.82, 2.24) is 9.80 Å². The fourth-order valence-electron chi connectivity index (χ4n) is 3.66.